The number of rotatable bonds is 10. The van der Waals surface area contributed by atoms with Gasteiger partial charge in [0.15, 0.2) is 0 Å². The number of nitrogens with zero attached hydrogens (tertiary/aromatic N) is 3. The van der Waals surface area contributed by atoms with E-state index in [1.807, 2.05) is 4.68 Å². The Labute approximate surface area is 243 Å². The number of alkyl halides is 3. The Hall–Kier alpha value is -3.21. The maximum absolute atomic E-state index is 13.7. The van der Waals surface area contributed by atoms with Crippen molar-refractivity contribution >= 4 is 17.7 Å². The molecule has 1 amide bonds. The number of aliphatic carboxylic acids is 1. The lowest BCUT2D eigenvalue weighted by atomic mass is 9.83. The van der Waals surface area contributed by atoms with Crippen LogP contribution >= 0.6 is 0 Å². The zero-order valence-electron chi connectivity index (χ0n) is 24.1. The number of halogens is 3. The first-order valence-corrected chi connectivity index (χ1v) is 15.0. The fraction of sp³-hybridized carbons (Fsp3) is 0.613. The summed E-state index contributed by atoms with van der Waals surface area (Å²) in [5, 5.41) is 16.9. The number of hydrogen-bond donors (Lipinski definition) is 2. The molecule has 11 heteroatoms. The molecule has 1 aromatic carbocycles. The summed E-state index contributed by atoms with van der Waals surface area (Å²) in [6, 6.07) is 4.92. The summed E-state index contributed by atoms with van der Waals surface area (Å²) < 4.78 is 42.8. The number of hydrogen-bond acceptors (Lipinski definition) is 5. The second kappa shape index (κ2) is 12.2. The van der Waals surface area contributed by atoms with Crippen LogP contribution in [0.3, 0.4) is 0 Å². The van der Waals surface area contributed by atoms with Crippen LogP contribution in [0.25, 0.3) is 0 Å². The first kappa shape index (κ1) is 30.3. The molecule has 2 aromatic rings. The molecule has 2 N–H and O–H groups in total. The van der Waals surface area contributed by atoms with Crippen LogP contribution < -0.4 is 5.32 Å². The fourth-order valence-electron chi connectivity index (χ4n) is 6.68. The van der Waals surface area contributed by atoms with E-state index >= 15 is 0 Å². The molecule has 2 saturated carbocycles. The van der Waals surface area contributed by atoms with Gasteiger partial charge in [-0.3, -0.25) is 24.4 Å². The lowest BCUT2D eigenvalue weighted by Crippen LogP contribution is -2.44. The lowest BCUT2D eigenvalue weighted by Gasteiger charge is -2.30. The molecule has 2 atom stereocenters. The highest BCUT2D eigenvalue weighted by molar-refractivity contribution is 5.95. The first-order chi connectivity index (χ1) is 20.0. The molecular weight excluding hydrogens is 549 g/mol. The minimum Gasteiger partial charge on any atom is -0.480 e. The largest absolute Gasteiger partial charge is 0.480 e. The van der Waals surface area contributed by atoms with Crippen molar-refractivity contribution in [2.75, 3.05) is 19.6 Å². The molecule has 1 saturated heterocycles. The van der Waals surface area contributed by atoms with E-state index in [4.69, 9.17) is 0 Å². The molecule has 228 valence electrons. The smallest absolute Gasteiger partial charge is 0.416 e. The van der Waals surface area contributed by atoms with E-state index in [1.54, 1.807) is 31.0 Å². The molecular formula is C31H39F3N4O4. The van der Waals surface area contributed by atoms with E-state index in [0.717, 1.165) is 37.4 Å². The Balaban J connectivity index is 1.23. The molecule has 5 rings (SSSR count). The molecule has 3 fully saturated rings. The van der Waals surface area contributed by atoms with Crippen molar-refractivity contribution in [3.63, 3.8) is 0 Å². The van der Waals surface area contributed by atoms with Crippen molar-refractivity contribution in [1.82, 2.24) is 20.0 Å². The monoisotopic (exact) mass is 588 g/mol. The van der Waals surface area contributed by atoms with Gasteiger partial charge in [0.25, 0.3) is 5.91 Å². The molecule has 42 heavy (non-hydrogen) atoms. The summed E-state index contributed by atoms with van der Waals surface area (Å²) in [7, 11) is 0. The number of carbonyl (C=O) groups excluding carboxylic acids is 2. The summed E-state index contributed by atoms with van der Waals surface area (Å²) >= 11 is 0. The van der Waals surface area contributed by atoms with Crippen LogP contribution in [0.4, 0.5) is 13.2 Å². The van der Waals surface area contributed by atoms with Crippen molar-refractivity contribution < 1.29 is 32.7 Å². The van der Waals surface area contributed by atoms with Crippen molar-refractivity contribution in [2.24, 2.45) is 11.8 Å². The first-order valence-electron chi connectivity index (χ1n) is 15.0. The summed E-state index contributed by atoms with van der Waals surface area (Å²) in [4.78, 5) is 39.6. The van der Waals surface area contributed by atoms with Crippen LogP contribution in [0, 0.1) is 11.8 Å². The molecule has 0 bridgehead atoms. The third kappa shape index (κ3) is 6.40. The summed E-state index contributed by atoms with van der Waals surface area (Å²) in [5.74, 6) is -1.53. The molecule has 1 aliphatic heterocycles. The molecule has 0 spiro atoms. The van der Waals surface area contributed by atoms with Gasteiger partial charge in [0.2, 0.25) is 0 Å². The standard InChI is InChI=1S/C31H39F3N4O4/c1-18(2)27(30(41)42)35-16-26(39)19-9-11-22(12-10-19)38-28(20-7-8-20)24(15-36-38)29(40)37-14-13-21(17-37)23-5-3-4-6-25(23)31(32,33)34/h3-6,15,18-22,27,35H,7-14,16-17H2,1-2H3,(H,41,42)/t19?,21?,22?,27-/m0/s1. The highest BCUT2D eigenvalue weighted by atomic mass is 19.4. The second-order valence-corrected chi connectivity index (χ2v) is 12.4. The summed E-state index contributed by atoms with van der Waals surface area (Å²) in [6.45, 7) is 4.27. The number of carbonyl (C=O) groups is 3. The Morgan fingerprint density at radius 2 is 1.71 bits per heavy atom. The predicted octanol–water partition coefficient (Wildman–Crippen LogP) is 5.41. The Morgan fingerprint density at radius 1 is 1.02 bits per heavy atom. The zero-order chi connectivity index (χ0) is 30.2. The highest BCUT2D eigenvalue weighted by Crippen LogP contribution is 2.45. The maximum atomic E-state index is 13.7. The van der Waals surface area contributed by atoms with Crippen LogP contribution in [0.5, 0.6) is 0 Å². The van der Waals surface area contributed by atoms with Gasteiger partial charge >= 0.3 is 12.1 Å². The number of ketones is 1. The Bertz CT molecular complexity index is 1310. The van der Waals surface area contributed by atoms with E-state index in [-0.39, 0.29) is 60.1 Å². The quantitative estimate of drug-likeness (QED) is 0.385. The zero-order valence-corrected chi connectivity index (χ0v) is 24.1. The topological polar surface area (TPSA) is 105 Å². The second-order valence-electron chi connectivity index (χ2n) is 12.4. The van der Waals surface area contributed by atoms with Crippen LogP contribution in [0.15, 0.2) is 30.5 Å². The van der Waals surface area contributed by atoms with Crippen LogP contribution in [-0.4, -0.2) is 63.1 Å². The molecule has 2 heterocycles. The van der Waals surface area contributed by atoms with E-state index in [9.17, 15) is 32.7 Å². The third-order valence-electron chi connectivity index (χ3n) is 9.14. The molecule has 0 radical (unpaired) electrons. The van der Waals surface area contributed by atoms with Gasteiger partial charge in [-0.25, -0.2) is 0 Å². The molecule has 3 aliphatic rings. The number of likely N-dealkylation sites (tertiary alicyclic amines) is 1. The average Bonchev–Trinajstić information content (AvgIpc) is 3.49. The Morgan fingerprint density at radius 3 is 2.33 bits per heavy atom. The third-order valence-corrected chi connectivity index (χ3v) is 9.14. The summed E-state index contributed by atoms with van der Waals surface area (Å²) in [6.07, 6.45) is 2.39. The number of carboxylic acid groups (broad SMARTS) is 1. The molecule has 2 aliphatic carbocycles. The number of Topliss-reactive ketones (excluding diaryl/α,β-unsaturated/α-hetero) is 1. The van der Waals surface area contributed by atoms with Crippen molar-refractivity contribution in [2.45, 2.75) is 88.9 Å². The van der Waals surface area contributed by atoms with Gasteiger partial charge in [-0.15, -0.1) is 0 Å². The number of aromatic nitrogens is 2. The minimum absolute atomic E-state index is 0.0229. The highest BCUT2D eigenvalue weighted by Gasteiger charge is 2.40. The van der Waals surface area contributed by atoms with Crippen LogP contribution in [0.2, 0.25) is 0 Å². The van der Waals surface area contributed by atoms with Gasteiger partial charge < -0.3 is 10.0 Å². The van der Waals surface area contributed by atoms with Crippen molar-refractivity contribution in [3.8, 4) is 0 Å². The number of carboxylic acids is 1. The maximum Gasteiger partial charge on any atom is 0.416 e. The van der Waals surface area contributed by atoms with E-state index < -0.39 is 23.8 Å². The molecule has 8 nitrogen and oxygen atoms in total. The van der Waals surface area contributed by atoms with Gasteiger partial charge in [-0.2, -0.15) is 18.3 Å². The van der Waals surface area contributed by atoms with Crippen LogP contribution in [0.1, 0.15) is 104 Å². The van der Waals surface area contributed by atoms with E-state index in [1.165, 1.54) is 12.1 Å². The normalized spacial score (nSPS) is 23.8. The minimum atomic E-state index is -4.44. The number of amides is 1. The number of benzene rings is 1. The van der Waals surface area contributed by atoms with Gasteiger partial charge in [-0.05, 0) is 62.5 Å². The number of nitrogens with one attached hydrogen (secondary N) is 1. The van der Waals surface area contributed by atoms with Gasteiger partial charge in [0, 0.05) is 30.8 Å². The predicted molar refractivity (Wildman–Crippen MR) is 149 cm³/mol. The molecule has 1 aromatic heterocycles. The van der Waals surface area contributed by atoms with E-state index in [0.29, 0.717) is 31.4 Å². The van der Waals surface area contributed by atoms with E-state index in [2.05, 4.69) is 10.4 Å². The average molecular weight is 589 g/mol. The fourth-order valence-corrected chi connectivity index (χ4v) is 6.68. The Kier molecular flexibility index (Phi) is 8.78. The van der Waals surface area contributed by atoms with Gasteiger partial charge in [0.1, 0.15) is 11.8 Å². The molecule has 1 unspecified atom stereocenters. The summed E-state index contributed by atoms with van der Waals surface area (Å²) in [5.41, 5.74) is 1.06. The van der Waals surface area contributed by atoms with Crippen LogP contribution in [-0.2, 0) is 15.8 Å². The SMILES string of the molecule is CC(C)[C@H](NCC(=O)C1CCC(n2ncc(C(=O)N3CCC(c4ccccc4C(F)(F)F)C3)c2C2CC2)CC1)C(=O)O. The van der Waals surface area contributed by atoms with Crippen molar-refractivity contribution in [3.05, 3.63) is 52.8 Å². The van der Waals surface area contributed by atoms with Gasteiger partial charge in [-0.1, -0.05) is 32.0 Å². The lowest BCUT2D eigenvalue weighted by molar-refractivity contribution is -0.141. The van der Waals surface area contributed by atoms with Gasteiger partial charge in [0.05, 0.1) is 35.6 Å². The van der Waals surface area contributed by atoms with Crippen molar-refractivity contribution in [1.29, 1.82) is 0 Å².